The van der Waals surface area contributed by atoms with E-state index in [1.807, 2.05) is 5.32 Å². The molecule has 3 amide bonds. The van der Waals surface area contributed by atoms with Crippen LogP contribution in [0.4, 0.5) is 24.5 Å². The maximum atomic E-state index is 13.6. The van der Waals surface area contributed by atoms with Crippen LogP contribution in [0.15, 0.2) is 30.3 Å². The van der Waals surface area contributed by atoms with Gasteiger partial charge < -0.3 is 16.0 Å². The quantitative estimate of drug-likeness (QED) is 0.494. The van der Waals surface area contributed by atoms with Crippen LogP contribution >= 0.6 is 23.2 Å². The van der Waals surface area contributed by atoms with Gasteiger partial charge >= 0.3 is 0 Å². The van der Waals surface area contributed by atoms with Crippen LogP contribution in [0.3, 0.4) is 0 Å². The molecule has 0 saturated heterocycles. The van der Waals surface area contributed by atoms with Gasteiger partial charge in [-0.25, -0.2) is 13.2 Å². The monoisotopic (exact) mass is 490 g/mol. The predicted molar refractivity (Wildman–Crippen MR) is 115 cm³/mol. The molecule has 0 aromatic heterocycles. The molecule has 2 aromatic rings. The summed E-state index contributed by atoms with van der Waals surface area (Å²) < 4.78 is 39.8. The first-order valence-electron chi connectivity index (χ1n) is 9.16. The van der Waals surface area contributed by atoms with E-state index in [-0.39, 0.29) is 22.3 Å². The van der Waals surface area contributed by atoms with Crippen molar-refractivity contribution in [2.75, 3.05) is 30.8 Å². The third-order valence-corrected chi connectivity index (χ3v) is 5.02. The highest BCUT2D eigenvalue weighted by atomic mass is 35.5. The Bertz CT molecular complexity index is 1020. The second-order valence-electron chi connectivity index (χ2n) is 6.72. The molecule has 32 heavy (non-hydrogen) atoms. The molecule has 0 bridgehead atoms. The standard InChI is InChI=1S/C20H19Cl2F3N4O3/c1-10(29(2)9-16(31)28-19-11(21)4-3-5-12(19)22)20(32)26-8-15(30)27-14-7-6-13(23)17(24)18(14)25/h3-7,10H,8-9H2,1-2H3,(H,26,32)(H,27,30)(H,28,31). The molecule has 1 unspecified atom stereocenters. The molecule has 1 atom stereocenters. The van der Waals surface area contributed by atoms with Crippen LogP contribution in [-0.4, -0.2) is 48.8 Å². The predicted octanol–water partition coefficient (Wildman–Crippen LogP) is 3.42. The third-order valence-electron chi connectivity index (χ3n) is 4.39. The Kier molecular flexibility index (Phi) is 8.88. The van der Waals surface area contributed by atoms with Crippen molar-refractivity contribution in [1.29, 1.82) is 0 Å². The highest BCUT2D eigenvalue weighted by molar-refractivity contribution is 6.39. The molecule has 0 aliphatic carbocycles. The van der Waals surface area contributed by atoms with Crippen LogP contribution < -0.4 is 16.0 Å². The molecule has 0 fully saturated rings. The van der Waals surface area contributed by atoms with Gasteiger partial charge in [0, 0.05) is 0 Å². The number of hydrogen-bond donors (Lipinski definition) is 3. The zero-order chi connectivity index (χ0) is 24.0. The van der Waals surface area contributed by atoms with E-state index in [0.717, 1.165) is 6.07 Å². The summed E-state index contributed by atoms with van der Waals surface area (Å²) in [5, 5.41) is 7.41. The van der Waals surface area contributed by atoms with Gasteiger partial charge in [-0.2, -0.15) is 0 Å². The summed E-state index contributed by atoms with van der Waals surface area (Å²) in [6.07, 6.45) is 0. The fraction of sp³-hybridized carbons (Fsp3) is 0.250. The van der Waals surface area contributed by atoms with Gasteiger partial charge in [0.1, 0.15) is 0 Å². The molecule has 0 aliphatic rings. The van der Waals surface area contributed by atoms with Gasteiger partial charge in [0.2, 0.25) is 17.7 Å². The van der Waals surface area contributed by atoms with Gasteiger partial charge in [-0.3, -0.25) is 19.3 Å². The van der Waals surface area contributed by atoms with E-state index in [2.05, 4.69) is 10.6 Å². The number of rotatable bonds is 8. The molecule has 2 rings (SSSR count). The van der Waals surface area contributed by atoms with E-state index >= 15 is 0 Å². The van der Waals surface area contributed by atoms with E-state index in [4.69, 9.17) is 23.2 Å². The Morgan fingerprint density at radius 2 is 1.59 bits per heavy atom. The van der Waals surface area contributed by atoms with Crippen molar-refractivity contribution in [2.24, 2.45) is 0 Å². The van der Waals surface area contributed by atoms with Crippen molar-refractivity contribution in [3.8, 4) is 0 Å². The number of benzene rings is 2. The summed E-state index contributed by atoms with van der Waals surface area (Å²) in [5.74, 6) is -6.61. The van der Waals surface area contributed by atoms with Crippen molar-refractivity contribution in [1.82, 2.24) is 10.2 Å². The normalized spacial score (nSPS) is 11.8. The molecule has 172 valence electrons. The van der Waals surface area contributed by atoms with Gasteiger partial charge in [0.15, 0.2) is 17.5 Å². The largest absolute Gasteiger partial charge is 0.346 e. The molecular formula is C20H19Cl2F3N4O3. The Morgan fingerprint density at radius 3 is 2.22 bits per heavy atom. The first-order chi connectivity index (χ1) is 15.0. The SMILES string of the molecule is CC(C(=O)NCC(=O)Nc1ccc(F)c(F)c1F)N(C)CC(=O)Nc1c(Cl)cccc1Cl. The number of amides is 3. The van der Waals surface area contributed by atoms with Crippen molar-refractivity contribution in [2.45, 2.75) is 13.0 Å². The fourth-order valence-electron chi connectivity index (χ4n) is 2.49. The Morgan fingerprint density at radius 1 is 0.969 bits per heavy atom. The number of nitrogens with zero attached hydrogens (tertiary/aromatic N) is 1. The zero-order valence-corrected chi connectivity index (χ0v) is 18.5. The van der Waals surface area contributed by atoms with Crippen molar-refractivity contribution in [3.05, 3.63) is 57.8 Å². The maximum Gasteiger partial charge on any atom is 0.243 e. The summed E-state index contributed by atoms with van der Waals surface area (Å²) in [4.78, 5) is 37.8. The second-order valence-corrected chi connectivity index (χ2v) is 7.54. The molecule has 3 N–H and O–H groups in total. The van der Waals surface area contributed by atoms with Crippen LogP contribution in [0.2, 0.25) is 10.0 Å². The number of halogens is 5. The summed E-state index contributed by atoms with van der Waals surface area (Å²) in [6.45, 7) is 0.747. The lowest BCUT2D eigenvalue weighted by molar-refractivity contribution is -0.128. The van der Waals surface area contributed by atoms with Crippen molar-refractivity contribution >= 4 is 52.3 Å². The maximum absolute atomic E-state index is 13.6. The lowest BCUT2D eigenvalue weighted by Gasteiger charge is -2.23. The molecule has 0 aliphatic heterocycles. The number of nitrogens with one attached hydrogen (secondary N) is 3. The van der Waals surface area contributed by atoms with E-state index in [1.165, 1.54) is 18.9 Å². The van der Waals surface area contributed by atoms with Gasteiger partial charge in [-0.05, 0) is 38.2 Å². The molecule has 0 spiro atoms. The molecule has 12 heteroatoms. The highest BCUT2D eigenvalue weighted by Crippen LogP contribution is 2.29. The third kappa shape index (κ3) is 6.59. The Hall–Kier alpha value is -2.82. The van der Waals surface area contributed by atoms with E-state index in [9.17, 15) is 27.6 Å². The minimum Gasteiger partial charge on any atom is -0.346 e. The fourth-order valence-corrected chi connectivity index (χ4v) is 2.98. The number of anilines is 2. The van der Waals surface area contributed by atoms with Crippen LogP contribution in [-0.2, 0) is 14.4 Å². The molecule has 7 nitrogen and oxygen atoms in total. The molecule has 2 aromatic carbocycles. The first kappa shape index (κ1) is 25.4. The molecular weight excluding hydrogens is 472 g/mol. The van der Waals surface area contributed by atoms with Gasteiger partial charge in [0.05, 0.1) is 40.6 Å². The second kappa shape index (κ2) is 11.2. The number of carbonyl (C=O) groups excluding carboxylic acids is 3. The molecule has 0 saturated carbocycles. The van der Waals surface area contributed by atoms with E-state index in [1.54, 1.807) is 18.2 Å². The van der Waals surface area contributed by atoms with Gasteiger partial charge in [-0.1, -0.05) is 29.3 Å². The lowest BCUT2D eigenvalue weighted by atomic mass is 10.2. The number of likely N-dealkylation sites (N-methyl/N-ethyl adjacent to an activating group) is 1. The average Bonchev–Trinajstić information content (AvgIpc) is 2.74. The summed E-state index contributed by atoms with van der Waals surface area (Å²) in [7, 11) is 1.51. The Balaban J connectivity index is 1.85. The van der Waals surface area contributed by atoms with Gasteiger partial charge in [-0.15, -0.1) is 0 Å². The number of para-hydroxylation sites is 1. The minimum atomic E-state index is -1.72. The smallest absolute Gasteiger partial charge is 0.243 e. The summed E-state index contributed by atoms with van der Waals surface area (Å²) in [5.41, 5.74) is -0.323. The molecule has 0 radical (unpaired) electrons. The number of carbonyl (C=O) groups is 3. The average molecular weight is 491 g/mol. The minimum absolute atomic E-state index is 0.192. The summed E-state index contributed by atoms with van der Waals surface area (Å²) in [6, 6.07) is 5.42. The van der Waals surface area contributed by atoms with Crippen LogP contribution in [0, 0.1) is 17.5 Å². The highest BCUT2D eigenvalue weighted by Gasteiger charge is 2.22. The first-order valence-corrected chi connectivity index (χ1v) is 9.92. The van der Waals surface area contributed by atoms with Crippen molar-refractivity contribution < 1.29 is 27.6 Å². The topological polar surface area (TPSA) is 90.5 Å². The lowest BCUT2D eigenvalue weighted by Crippen LogP contribution is -2.47. The van der Waals surface area contributed by atoms with Crippen LogP contribution in [0.1, 0.15) is 6.92 Å². The molecule has 0 heterocycles. The van der Waals surface area contributed by atoms with E-state index < -0.39 is 53.4 Å². The van der Waals surface area contributed by atoms with E-state index in [0.29, 0.717) is 6.07 Å². The Labute approximate surface area is 191 Å². The van der Waals surface area contributed by atoms with Crippen molar-refractivity contribution in [3.63, 3.8) is 0 Å². The zero-order valence-electron chi connectivity index (χ0n) is 16.9. The van der Waals surface area contributed by atoms with Crippen LogP contribution in [0.5, 0.6) is 0 Å². The number of hydrogen-bond acceptors (Lipinski definition) is 4. The van der Waals surface area contributed by atoms with Crippen LogP contribution in [0.25, 0.3) is 0 Å². The summed E-state index contributed by atoms with van der Waals surface area (Å²) >= 11 is 12.0. The van der Waals surface area contributed by atoms with Gasteiger partial charge in [0.25, 0.3) is 0 Å².